The summed E-state index contributed by atoms with van der Waals surface area (Å²) in [5.74, 6) is 0. The first kappa shape index (κ1) is 7.80. The van der Waals surface area contributed by atoms with Gasteiger partial charge in [0.1, 0.15) is 5.65 Å². The van der Waals surface area contributed by atoms with Crippen molar-refractivity contribution in [3.8, 4) is 0 Å². The van der Waals surface area contributed by atoms with Crippen molar-refractivity contribution in [2.75, 3.05) is 0 Å². The molecule has 0 bridgehead atoms. The number of nitrogens with zero attached hydrogens (tertiary/aromatic N) is 2. The summed E-state index contributed by atoms with van der Waals surface area (Å²) >= 11 is 3.41. The van der Waals surface area contributed by atoms with Crippen LogP contribution in [0.15, 0.2) is 29.0 Å². The zero-order valence-electron chi connectivity index (χ0n) is 6.79. The molecule has 0 unspecified atom stereocenters. The average Bonchev–Trinajstić information content (AvgIpc) is 2.46. The molecule has 0 radical (unpaired) electrons. The number of pyridine rings is 1. The van der Waals surface area contributed by atoms with Crippen molar-refractivity contribution in [1.29, 1.82) is 0 Å². The molecule has 2 aromatic rings. The minimum atomic E-state index is 0.985. The summed E-state index contributed by atoms with van der Waals surface area (Å²) in [7, 11) is 0. The predicted octanol–water partition coefficient (Wildman–Crippen LogP) is 2.66. The van der Waals surface area contributed by atoms with E-state index in [9.17, 15) is 0 Å². The van der Waals surface area contributed by atoms with Gasteiger partial charge in [0.05, 0.1) is 5.69 Å². The monoisotopic (exact) mass is 224 g/mol. The normalized spacial score (nSPS) is 10.8. The Kier molecular flexibility index (Phi) is 1.89. The molecule has 12 heavy (non-hydrogen) atoms. The maximum Gasteiger partial charge on any atom is 0.138 e. The summed E-state index contributed by atoms with van der Waals surface area (Å²) in [5, 5.41) is 0. The first-order valence-corrected chi connectivity index (χ1v) is 4.72. The summed E-state index contributed by atoms with van der Waals surface area (Å²) in [5.41, 5.74) is 2.13. The predicted molar refractivity (Wildman–Crippen MR) is 52.3 cm³/mol. The molecule has 0 saturated carbocycles. The van der Waals surface area contributed by atoms with E-state index in [0.29, 0.717) is 0 Å². The molecule has 0 spiro atoms. The van der Waals surface area contributed by atoms with Gasteiger partial charge in [-0.25, -0.2) is 4.98 Å². The summed E-state index contributed by atoms with van der Waals surface area (Å²) in [6, 6.07) is 4.02. The Morgan fingerprint density at radius 3 is 3.17 bits per heavy atom. The van der Waals surface area contributed by atoms with E-state index in [1.54, 1.807) is 0 Å². The minimum Gasteiger partial charge on any atom is -0.307 e. The molecular formula is C9H9BrN2. The van der Waals surface area contributed by atoms with E-state index in [0.717, 1.165) is 22.2 Å². The first-order valence-electron chi connectivity index (χ1n) is 3.92. The van der Waals surface area contributed by atoms with Crippen molar-refractivity contribution >= 4 is 21.6 Å². The van der Waals surface area contributed by atoms with Gasteiger partial charge >= 0.3 is 0 Å². The van der Waals surface area contributed by atoms with E-state index in [-0.39, 0.29) is 0 Å². The van der Waals surface area contributed by atoms with Crippen LogP contribution in [0, 0.1) is 0 Å². The van der Waals surface area contributed by atoms with Gasteiger partial charge in [-0.15, -0.1) is 0 Å². The quantitative estimate of drug-likeness (QED) is 0.729. The van der Waals surface area contributed by atoms with Crippen LogP contribution in [0.2, 0.25) is 0 Å². The van der Waals surface area contributed by atoms with Crippen LogP contribution in [-0.2, 0) is 6.42 Å². The van der Waals surface area contributed by atoms with Crippen LogP contribution in [0.25, 0.3) is 5.65 Å². The summed E-state index contributed by atoms with van der Waals surface area (Å²) in [6.45, 7) is 2.11. The molecule has 2 rings (SSSR count). The third kappa shape index (κ3) is 1.25. The maximum atomic E-state index is 4.42. The number of aryl methyl sites for hydroxylation is 1. The molecule has 2 nitrogen and oxygen atoms in total. The first-order chi connectivity index (χ1) is 5.79. The largest absolute Gasteiger partial charge is 0.307 e. The van der Waals surface area contributed by atoms with E-state index >= 15 is 0 Å². The topological polar surface area (TPSA) is 17.3 Å². The number of rotatable bonds is 1. The summed E-state index contributed by atoms with van der Waals surface area (Å²) < 4.78 is 3.10. The van der Waals surface area contributed by atoms with E-state index in [4.69, 9.17) is 0 Å². The van der Waals surface area contributed by atoms with E-state index in [1.165, 1.54) is 0 Å². The molecule has 0 saturated heterocycles. The van der Waals surface area contributed by atoms with Crippen molar-refractivity contribution in [2.24, 2.45) is 0 Å². The molecule has 2 aromatic heterocycles. The lowest BCUT2D eigenvalue weighted by atomic mass is 10.4. The Labute approximate surface area is 79.4 Å². The third-order valence-corrected chi connectivity index (χ3v) is 2.33. The van der Waals surface area contributed by atoms with Gasteiger partial charge in [0, 0.05) is 16.9 Å². The van der Waals surface area contributed by atoms with Crippen LogP contribution in [0.1, 0.15) is 12.6 Å². The Hall–Kier alpha value is -0.830. The number of hydrogen-bond donors (Lipinski definition) is 0. The van der Waals surface area contributed by atoms with Crippen LogP contribution in [0.4, 0.5) is 0 Å². The Bertz CT molecular complexity index is 406. The van der Waals surface area contributed by atoms with Gasteiger partial charge in [-0.2, -0.15) is 0 Å². The van der Waals surface area contributed by atoms with E-state index in [1.807, 2.05) is 22.7 Å². The Morgan fingerprint density at radius 1 is 1.58 bits per heavy atom. The molecule has 2 heterocycles. The lowest BCUT2D eigenvalue weighted by molar-refractivity contribution is 1.07. The average molecular weight is 225 g/mol. The molecule has 0 atom stereocenters. The second kappa shape index (κ2) is 2.90. The second-order valence-corrected chi connectivity index (χ2v) is 3.61. The van der Waals surface area contributed by atoms with Crippen LogP contribution < -0.4 is 0 Å². The number of fused-ring (bicyclic) bond motifs is 1. The SMILES string of the molecule is CCc1cn2ccc(Br)cc2n1. The molecule has 62 valence electrons. The van der Waals surface area contributed by atoms with Crippen LogP contribution in [0.3, 0.4) is 0 Å². The fraction of sp³-hybridized carbons (Fsp3) is 0.222. The molecule has 0 aliphatic rings. The highest BCUT2D eigenvalue weighted by atomic mass is 79.9. The standard InChI is InChI=1S/C9H9BrN2/c1-2-8-6-12-4-3-7(10)5-9(12)11-8/h3-6H,2H2,1H3. The lowest BCUT2D eigenvalue weighted by Gasteiger charge is -1.91. The smallest absolute Gasteiger partial charge is 0.138 e. The summed E-state index contributed by atoms with van der Waals surface area (Å²) in [4.78, 5) is 4.42. The second-order valence-electron chi connectivity index (χ2n) is 2.70. The van der Waals surface area contributed by atoms with E-state index < -0.39 is 0 Å². The zero-order chi connectivity index (χ0) is 8.55. The number of halogens is 1. The molecule has 0 amide bonds. The van der Waals surface area contributed by atoms with Gasteiger partial charge in [-0.05, 0) is 18.6 Å². The van der Waals surface area contributed by atoms with Gasteiger partial charge in [0.15, 0.2) is 0 Å². The van der Waals surface area contributed by atoms with Gasteiger partial charge < -0.3 is 4.40 Å². The van der Waals surface area contributed by atoms with E-state index in [2.05, 4.69) is 34.0 Å². The van der Waals surface area contributed by atoms with Crippen molar-refractivity contribution in [2.45, 2.75) is 13.3 Å². The molecular weight excluding hydrogens is 216 g/mol. The van der Waals surface area contributed by atoms with Crippen LogP contribution in [0.5, 0.6) is 0 Å². The lowest BCUT2D eigenvalue weighted by Crippen LogP contribution is -1.79. The maximum absolute atomic E-state index is 4.42. The highest BCUT2D eigenvalue weighted by Gasteiger charge is 1.98. The van der Waals surface area contributed by atoms with Gasteiger partial charge in [-0.1, -0.05) is 22.9 Å². The third-order valence-electron chi connectivity index (χ3n) is 1.83. The van der Waals surface area contributed by atoms with Crippen molar-refractivity contribution in [3.05, 3.63) is 34.7 Å². The molecule has 0 fully saturated rings. The Balaban J connectivity index is 2.67. The molecule has 0 N–H and O–H groups in total. The molecule has 3 heteroatoms. The van der Waals surface area contributed by atoms with Crippen molar-refractivity contribution in [3.63, 3.8) is 0 Å². The van der Waals surface area contributed by atoms with Crippen LogP contribution >= 0.6 is 15.9 Å². The van der Waals surface area contributed by atoms with Gasteiger partial charge in [0.2, 0.25) is 0 Å². The molecule has 0 aromatic carbocycles. The highest BCUT2D eigenvalue weighted by Crippen LogP contribution is 2.13. The number of aromatic nitrogens is 2. The van der Waals surface area contributed by atoms with Gasteiger partial charge in [0.25, 0.3) is 0 Å². The fourth-order valence-electron chi connectivity index (χ4n) is 1.18. The minimum absolute atomic E-state index is 0.985. The molecule has 0 aliphatic heterocycles. The molecule has 0 aliphatic carbocycles. The van der Waals surface area contributed by atoms with Crippen molar-refractivity contribution < 1.29 is 0 Å². The van der Waals surface area contributed by atoms with Crippen LogP contribution in [-0.4, -0.2) is 9.38 Å². The fourth-order valence-corrected chi connectivity index (χ4v) is 1.50. The number of imidazole rings is 1. The zero-order valence-corrected chi connectivity index (χ0v) is 8.37. The van der Waals surface area contributed by atoms with Crippen molar-refractivity contribution in [1.82, 2.24) is 9.38 Å². The number of hydrogen-bond acceptors (Lipinski definition) is 1. The Morgan fingerprint density at radius 2 is 2.42 bits per heavy atom. The summed E-state index contributed by atoms with van der Waals surface area (Å²) in [6.07, 6.45) is 5.05. The highest BCUT2D eigenvalue weighted by molar-refractivity contribution is 9.10. The van der Waals surface area contributed by atoms with Gasteiger partial charge in [-0.3, -0.25) is 0 Å².